The molecule has 0 spiro atoms. The van der Waals surface area contributed by atoms with Gasteiger partial charge in [0, 0.05) is 0 Å². The van der Waals surface area contributed by atoms with Gasteiger partial charge in [-0.2, -0.15) is 0 Å². The number of aromatic nitrogens is 4. The fourth-order valence-electron chi connectivity index (χ4n) is 3.71. The molecule has 0 bridgehead atoms. The van der Waals surface area contributed by atoms with E-state index in [9.17, 15) is 0 Å². The largest absolute Gasteiger partial charge is 0.321 e. The first-order valence-corrected chi connectivity index (χ1v) is 7.89. The summed E-state index contributed by atoms with van der Waals surface area (Å²) >= 11 is 0. The van der Waals surface area contributed by atoms with Crippen molar-refractivity contribution in [3.8, 4) is 0 Å². The van der Waals surface area contributed by atoms with Crippen LogP contribution in [0.3, 0.4) is 0 Å². The van der Waals surface area contributed by atoms with Gasteiger partial charge in [-0.1, -0.05) is 38.5 Å². The topological polar surface area (TPSA) is 69.6 Å². The number of nitrogens with zero attached hydrogens (tertiary/aromatic N) is 4. The number of hydrogen-bond donors (Lipinski definition) is 1. The van der Waals surface area contributed by atoms with Crippen molar-refractivity contribution in [1.29, 1.82) is 0 Å². The van der Waals surface area contributed by atoms with Crippen LogP contribution in [0.5, 0.6) is 0 Å². The standard InChI is InChI=1S/C14H25N5/c15-13(11-7-3-1-4-8-11)14-16-17-18-19(14)12-9-5-2-6-10-12/h11-13H,1-10,15H2. The molecule has 2 aliphatic rings. The van der Waals surface area contributed by atoms with Gasteiger partial charge in [0.15, 0.2) is 5.82 Å². The first kappa shape index (κ1) is 13.0. The summed E-state index contributed by atoms with van der Waals surface area (Å²) in [7, 11) is 0. The van der Waals surface area contributed by atoms with Crippen LogP contribution in [0.15, 0.2) is 0 Å². The first-order valence-electron chi connectivity index (χ1n) is 7.89. The van der Waals surface area contributed by atoms with Gasteiger partial charge in [-0.15, -0.1) is 5.10 Å². The second-order valence-corrected chi connectivity index (χ2v) is 6.20. The Hall–Kier alpha value is -0.970. The molecule has 1 heterocycles. The van der Waals surface area contributed by atoms with E-state index in [1.807, 2.05) is 4.68 Å². The van der Waals surface area contributed by atoms with Crippen LogP contribution in [0.25, 0.3) is 0 Å². The second kappa shape index (κ2) is 5.99. The molecule has 0 aliphatic heterocycles. The Balaban J connectivity index is 1.74. The van der Waals surface area contributed by atoms with Crippen molar-refractivity contribution < 1.29 is 0 Å². The zero-order chi connectivity index (χ0) is 13.1. The molecule has 1 atom stereocenters. The van der Waals surface area contributed by atoms with E-state index in [2.05, 4.69) is 15.5 Å². The van der Waals surface area contributed by atoms with Crippen molar-refractivity contribution in [1.82, 2.24) is 20.2 Å². The number of nitrogens with two attached hydrogens (primary N) is 1. The van der Waals surface area contributed by atoms with Gasteiger partial charge in [-0.25, -0.2) is 4.68 Å². The van der Waals surface area contributed by atoms with E-state index in [1.54, 1.807) is 0 Å². The predicted octanol–water partition coefficient (Wildman–Crippen LogP) is 2.76. The van der Waals surface area contributed by atoms with Gasteiger partial charge >= 0.3 is 0 Å². The van der Waals surface area contributed by atoms with Crippen LogP contribution in [-0.4, -0.2) is 20.2 Å². The third-order valence-electron chi connectivity index (χ3n) is 4.89. The van der Waals surface area contributed by atoms with E-state index in [-0.39, 0.29) is 6.04 Å². The molecule has 3 rings (SSSR count). The van der Waals surface area contributed by atoms with Crippen molar-refractivity contribution in [3.63, 3.8) is 0 Å². The Morgan fingerprint density at radius 1 is 0.947 bits per heavy atom. The summed E-state index contributed by atoms with van der Waals surface area (Å²) in [5.41, 5.74) is 6.46. The summed E-state index contributed by atoms with van der Waals surface area (Å²) in [5, 5.41) is 12.4. The van der Waals surface area contributed by atoms with Gasteiger partial charge < -0.3 is 5.73 Å². The quantitative estimate of drug-likeness (QED) is 0.910. The molecule has 2 saturated carbocycles. The first-order chi connectivity index (χ1) is 9.36. The van der Waals surface area contributed by atoms with Gasteiger partial charge in [0.2, 0.25) is 0 Å². The third-order valence-corrected chi connectivity index (χ3v) is 4.89. The second-order valence-electron chi connectivity index (χ2n) is 6.20. The van der Waals surface area contributed by atoms with Crippen LogP contribution in [-0.2, 0) is 0 Å². The van der Waals surface area contributed by atoms with Crippen molar-refractivity contribution in [2.75, 3.05) is 0 Å². The molecular formula is C14H25N5. The Morgan fingerprint density at radius 2 is 1.58 bits per heavy atom. The summed E-state index contributed by atoms with van der Waals surface area (Å²) in [5.74, 6) is 1.50. The fourth-order valence-corrected chi connectivity index (χ4v) is 3.71. The molecule has 5 heteroatoms. The van der Waals surface area contributed by atoms with E-state index >= 15 is 0 Å². The molecule has 2 N–H and O–H groups in total. The smallest absolute Gasteiger partial charge is 0.168 e. The molecular weight excluding hydrogens is 238 g/mol. The molecule has 2 aliphatic carbocycles. The van der Waals surface area contributed by atoms with Gasteiger partial charge in [-0.05, 0) is 42.0 Å². The number of hydrogen-bond acceptors (Lipinski definition) is 4. The SMILES string of the molecule is NC(c1nnnn1C1CCCCC1)C1CCCCC1. The van der Waals surface area contributed by atoms with E-state index < -0.39 is 0 Å². The Bertz CT molecular complexity index is 390. The van der Waals surface area contributed by atoms with Gasteiger partial charge in [0.05, 0.1) is 12.1 Å². The maximum absolute atomic E-state index is 6.46. The summed E-state index contributed by atoms with van der Waals surface area (Å²) < 4.78 is 2.04. The highest BCUT2D eigenvalue weighted by atomic mass is 15.6. The lowest BCUT2D eigenvalue weighted by molar-refractivity contribution is 0.269. The summed E-state index contributed by atoms with van der Waals surface area (Å²) in [6.07, 6.45) is 12.8. The highest BCUT2D eigenvalue weighted by Gasteiger charge is 2.29. The summed E-state index contributed by atoms with van der Waals surface area (Å²) in [4.78, 5) is 0. The van der Waals surface area contributed by atoms with Gasteiger partial charge in [0.25, 0.3) is 0 Å². The van der Waals surface area contributed by atoms with Crippen molar-refractivity contribution in [2.24, 2.45) is 11.7 Å². The van der Waals surface area contributed by atoms with Crippen molar-refractivity contribution in [2.45, 2.75) is 76.3 Å². The Labute approximate surface area is 114 Å². The Morgan fingerprint density at radius 3 is 2.26 bits per heavy atom. The molecule has 0 amide bonds. The van der Waals surface area contributed by atoms with Crippen LogP contribution in [0.2, 0.25) is 0 Å². The van der Waals surface area contributed by atoms with Crippen LogP contribution in [0.4, 0.5) is 0 Å². The monoisotopic (exact) mass is 263 g/mol. The molecule has 106 valence electrons. The minimum absolute atomic E-state index is 0.0252. The Kier molecular flexibility index (Phi) is 4.11. The normalized spacial score (nSPS) is 24.5. The lowest BCUT2D eigenvalue weighted by Gasteiger charge is -2.29. The van der Waals surface area contributed by atoms with E-state index in [0.717, 1.165) is 5.82 Å². The van der Waals surface area contributed by atoms with Crippen molar-refractivity contribution in [3.05, 3.63) is 5.82 Å². The molecule has 19 heavy (non-hydrogen) atoms. The van der Waals surface area contributed by atoms with Crippen LogP contribution in [0.1, 0.15) is 82.1 Å². The zero-order valence-electron chi connectivity index (χ0n) is 11.7. The lowest BCUT2D eigenvalue weighted by Crippen LogP contribution is -2.28. The van der Waals surface area contributed by atoms with Crippen LogP contribution in [0, 0.1) is 5.92 Å². The molecule has 2 fully saturated rings. The minimum Gasteiger partial charge on any atom is -0.321 e. The number of rotatable bonds is 3. The lowest BCUT2D eigenvalue weighted by atomic mass is 9.84. The zero-order valence-corrected chi connectivity index (χ0v) is 11.7. The summed E-state index contributed by atoms with van der Waals surface area (Å²) in [6, 6.07) is 0.505. The molecule has 1 aromatic rings. The molecule has 1 unspecified atom stereocenters. The highest BCUT2D eigenvalue weighted by Crippen LogP contribution is 2.34. The van der Waals surface area contributed by atoms with Crippen LogP contribution < -0.4 is 5.73 Å². The molecule has 0 aromatic carbocycles. The minimum atomic E-state index is 0.0252. The van der Waals surface area contributed by atoms with Gasteiger partial charge in [-0.3, -0.25) is 0 Å². The maximum atomic E-state index is 6.46. The fraction of sp³-hybridized carbons (Fsp3) is 0.929. The van der Waals surface area contributed by atoms with Crippen LogP contribution >= 0.6 is 0 Å². The van der Waals surface area contributed by atoms with E-state index in [4.69, 9.17) is 5.73 Å². The average Bonchev–Trinajstić information content (AvgIpc) is 2.98. The maximum Gasteiger partial charge on any atom is 0.168 e. The molecule has 1 aromatic heterocycles. The highest BCUT2D eigenvalue weighted by molar-refractivity contribution is 4.97. The van der Waals surface area contributed by atoms with Crippen molar-refractivity contribution >= 4 is 0 Å². The molecule has 0 saturated heterocycles. The summed E-state index contributed by atoms with van der Waals surface area (Å²) in [6.45, 7) is 0. The molecule has 5 nitrogen and oxygen atoms in total. The van der Waals surface area contributed by atoms with E-state index in [1.165, 1.54) is 64.2 Å². The molecule has 0 radical (unpaired) electrons. The third kappa shape index (κ3) is 2.81. The average molecular weight is 263 g/mol. The van der Waals surface area contributed by atoms with E-state index in [0.29, 0.717) is 12.0 Å². The van der Waals surface area contributed by atoms with Gasteiger partial charge in [0.1, 0.15) is 0 Å². The predicted molar refractivity (Wildman–Crippen MR) is 73.4 cm³/mol. The number of tetrazole rings is 1.